The van der Waals surface area contributed by atoms with E-state index >= 15 is 0 Å². The fraction of sp³-hybridized carbons (Fsp3) is 0.933. The van der Waals surface area contributed by atoms with Crippen molar-refractivity contribution in [3.05, 3.63) is 0 Å². The van der Waals surface area contributed by atoms with E-state index in [4.69, 9.17) is 4.74 Å². The van der Waals surface area contributed by atoms with Gasteiger partial charge < -0.3 is 15.0 Å². The Kier molecular flexibility index (Phi) is 8.07. The van der Waals surface area contributed by atoms with Crippen LogP contribution in [-0.2, 0) is 4.74 Å². The van der Waals surface area contributed by atoms with Gasteiger partial charge in [0.25, 0.3) is 0 Å². The topological polar surface area (TPSA) is 41.6 Å². The summed E-state index contributed by atoms with van der Waals surface area (Å²) in [5, 5.41) is 3.02. The molecule has 0 aliphatic heterocycles. The molecule has 4 nitrogen and oxygen atoms in total. The maximum Gasteiger partial charge on any atom is 0.407 e. The summed E-state index contributed by atoms with van der Waals surface area (Å²) in [4.78, 5) is 14.2. The van der Waals surface area contributed by atoms with Gasteiger partial charge in [-0.15, -0.1) is 0 Å². The number of alkyl carbamates (subject to hydrolysis) is 1. The molecule has 19 heavy (non-hydrogen) atoms. The predicted molar refractivity (Wildman–Crippen MR) is 80.4 cm³/mol. The summed E-state index contributed by atoms with van der Waals surface area (Å²) in [6.07, 6.45) is 0.729. The molecule has 0 aliphatic rings. The van der Waals surface area contributed by atoms with Gasteiger partial charge in [-0.3, -0.25) is 0 Å². The van der Waals surface area contributed by atoms with Gasteiger partial charge in [-0.25, -0.2) is 4.79 Å². The summed E-state index contributed by atoms with van der Waals surface area (Å²) in [7, 11) is 0. The van der Waals surface area contributed by atoms with E-state index in [9.17, 15) is 4.79 Å². The number of nitrogens with one attached hydrogen (secondary N) is 1. The lowest BCUT2D eigenvalue weighted by Crippen LogP contribution is -2.48. The summed E-state index contributed by atoms with van der Waals surface area (Å²) in [5.41, 5.74) is -0.445. The third kappa shape index (κ3) is 8.09. The molecule has 0 fully saturated rings. The highest BCUT2D eigenvalue weighted by Gasteiger charge is 2.23. The maximum atomic E-state index is 11.9. The number of rotatable bonds is 7. The Bertz CT molecular complexity index is 257. The molecule has 0 saturated carbocycles. The molecule has 0 aromatic heterocycles. The standard InChI is InChI=1S/C15H32N2O2/c1-8-12(4)13(11-17(9-2)10-3)16-14(18)19-15(5,6)7/h12-13H,8-11H2,1-7H3,(H,16,18)/t12?,13-/m1/s1. The van der Waals surface area contributed by atoms with E-state index in [1.54, 1.807) is 0 Å². The third-order valence-electron chi connectivity index (χ3n) is 3.38. The number of hydrogen-bond donors (Lipinski definition) is 1. The lowest BCUT2D eigenvalue weighted by Gasteiger charge is -2.31. The van der Waals surface area contributed by atoms with Gasteiger partial charge in [-0.05, 0) is 39.8 Å². The fourth-order valence-electron chi connectivity index (χ4n) is 1.87. The fourth-order valence-corrected chi connectivity index (χ4v) is 1.87. The van der Waals surface area contributed by atoms with Crippen LogP contribution in [0.3, 0.4) is 0 Å². The van der Waals surface area contributed by atoms with Crippen LogP contribution < -0.4 is 5.32 Å². The van der Waals surface area contributed by atoms with Gasteiger partial charge in [0.05, 0.1) is 0 Å². The molecule has 0 bridgehead atoms. The van der Waals surface area contributed by atoms with Crippen LogP contribution in [0, 0.1) is 5.92 Å². The van der Waals surface area contributed by atoms with Crippen LogP contribution in [-0.4, -0.2) is 42.3 Å². The van der Waals surface area contributed by atoms with Crippen molar-refractivity contribution in [1.29, 1.82) is 0 Å². The minimum Gasteiger partial charge on any atom is -0.444 e. The Balaban J connectivity index is 4.55. The van der Waals surface area contributed by atoms with E-state index in [0.717, 1.165) is 26.1 Å². The van der Waals surface area contributed by atoms with Crippen molar-refractivity contribution < 1.29 is 9.53 Å². The van der Waals surface area contributed by atoms with Crippen LogP contribution in [0.1, 0.15) is 54.9 Å². The SMILES string of the molecule is CCC(C)[C@@H](CN(CC)CC)NC(=O)OC(C)(C)C. The Labute approximate surface area is 118 Å². The monoisotopic (exact) mass is 272 g/mol. The lowest BCUT2D eigenvalue weighted by atomic mass is 9.98. The van der Waals surface area contributed by atoms with E-state index in [1.165, 1.54) is 0 Å². The molecule has 0 heterocycles. The third-order valence-corrected chi connectivity index (χ3v) is 3.38. The van der Waals surface area contributed by atoms with Crippen LogP contribution in [0.4, 0.5) is 4.79 Å². The normalized spacial score (nSPS) is 15.2. The van der Waals surface area contributed by atoms with E-state index in [-0.39, 0.29) is 12.1 Å². The average molecular weight is 272 g/mol. The smallest absolute Gasteiger partial charge is 0.407 e. The first kappa shape index (κ1) is 18.2. The van der Waals surface area contributed by atoms with Crippen molar-refractivity contribution in [2.24, 2.45) is 5.92 Å². The minimum absolute atomic E-state index is 0.139. The highest BCUT2D eigenvalue weighted by Crippen LogP contribution is 2.12. The van der Waals surface area contributed by atoms with Crippen molar-refractivity contribution in [2.45, 2.75) is 66.5 Å². The quantitative estimate of drug-likeness (QED) is 0.773. The lowest BCUT2D eigenvalue weighted by molar-refractivity contribution is 0.0471. The zero-order chi connectivity index (χ0) is 15.1. The van der Waals surface area contributed by atoms with Gasteiger partial charge in [0.1, 0.15) is 5.60 Å². The molecule has 0 saturated heterocycles. The number of ether oxygens (including phenoxy) is 1. The highest BCUT2D eigenvalue weighted by molar-refractivity contribution is 5.68. The Morgan fingerprint density at radius 1 is 1.21 bits per heavy atom. The van der Waals surface area contributed by atoms with Crippen molar-refractivity contribution in [2.75, 3.05) is 19.6 Å². The van der Waals surface area contributed by atoms with Gasteiger partial charge in [0.2, 0.25) is 0 Å². The number of amides is 1. The van der Waals surface area contributed by atoms with Crippen LogP contribution in [0.2, 0.25) is 0 Å². The average Bonchev–Trinajstić information content (AvgIpc) is 2.31. The summed E-state index contributed by atoms with van der Waals surface area (Å²) in [6.45, 7) is 17.1. The Morgan fingerprint density at radius 2 is 1.74 bits per heavy atom. The predicted octanol–water partition coefficient (Wildman–Crippen LogP) is 3.27. The first-order chi connectivity index (χ1) is 8.73. The van der Waals surface area contributed by atoms with Crippen LogP contribution >= 0.6 is 0 Å². The van der Waals surface area contributed by atoms with E-state index < -0.39 is 5.60 Å². The van der Waals surface area contributed by atoms with Crippen LogP contribution in [0.15, 0.2) is 0 Å². The Hall–Kier alpha value is -0.770. The molecule has 0 spiro atoms. The number of carbonyl (C=O) groups excluding carboxylic acids is 1. The second-order valence-electron chi connectivity index (χ2n) is 6.12. The largest absolute Gasteiger partial charge is 0.444 e. The molecule has 1 N–H and O–H groups in total. The molecule has 0 rings (SSSR count). The number of nitrogens with zero attached hydrogens (tertiary/aromatic N) is 1. The molecule has 0 aliphatic carbocycles. The molecule has 0 aromatic carbocycles. The summed E-state index contributed by atoms with van der Waals surface area (Å²) in [6, 6.07) is 0.139. The molecule has 1 amide bonds. The summed E-state index contributed by atoms with van der Waals surface area (Å²) < 4.78 is 5.34. The molecule has 4 heteroatoms. The van der Waals surface area contributed by atoms with Crippen LogP contribution in [0.5, 0.6) is 0 Å². The second-order valence-corrected chi connectivity index (χ2v) is 6.12. The van der Waals surface area contributed by atoms with E-state index in [0.29, 0.717) is 5.92 Å². The zero-order valence-corrected chi connectivity index (χ0v) is 13.7. The molecule has 1 unspecified atom stereocenters. The van der Waals surface area contributed by atoms with Gasteiger partial charge in [-0.1, -0.05) is 34.1 Å². The second kappa shape index (κ2) is 8.41. The summed E-state index contributed by atoms with van der Waals surface area (Å²) >= 11 is 0. The zero-order valence-electron chi connectivity index (χ0n) is 13.7. The van der Waals surface area contributed by atoms with E-state index in [2.05, 4.69) is 37.9 Å². The van der Waals surface area contributed by atoms with Gasteiger partial charge in [0.15, 0.2) is 0 Å². The number of carbonyl (C=O) groups is 1. The number of likely N-dealkylation sites (N-methyl/N-ethyl adjacent to an activating group) is 1. The molecule has 2 atom stereocenters. The van der Waals surface area contributed by atoms with Gasteiger partial charge in [0, 0.05) is 12.6 Å². The minimum atomic E-state index is -0.445. The molecular formula is C15H32N2O2. The molecule has 114 valence electrons. The molecule has 0 aromatic rings. The van der Waals surface area contributed by atoms with Crippen molar-refractivity contribution in [3.8, 4) is 0 Å². The molecular weight excluding hydrogens is 240 g/mol. The van der Waals surface area contributed by atoms with Crippen LogP contribution in [0.25, 0.3) is 0 Å². The molecule has 0 radical (unpaired) electrons. The van der Waals surface area contributed by atoms with Crippen molar-refractivity contribution in [1.82, 2.24) is 10.2 Å². The maximum absolute atomic E-state index is 11.9. The summed E-state index contributed by atoms with van der Waals surface area (Å²) in [5.74, 6) is 0.438. The first-order valence-electron chi connectivity index (χ1n) is 7.45. The number of hydrogen-bond acceptors (Lipinski definition) is 3. The highest BCUT2D eigenvalue weighted by atomic mass is 16.6. The van der Waals surface area contributed by atoms with Gasteiger partial charge >= 0.3 is 6.09 Å². The van der Waals surface area contributed by atoms with Crippen molar-refractivity contribution >= 4 is 6.09 Å². The van der Waals surface area contributed by atoms with Gasteiger partial charge in [-0.2, -0.15) is 0 Å². The van der Waals surface area contributed by atoms with E-state index in [1.807, 2.05) is 20.8 Å². The Morgan fingerprint density at radius 3 is 2.11 bits per heavy atom. The first-order valence-corrected chi connectivity index (χ1v) is 7.45. The van der Waals surface area contributed by atoms with Crippen molar-refractivity contribution in [3.63, 3.8) is 0 Å².